The zero-order valence-corrected chi connectivity index (χ0v) is 15.1. The molecule has 0 bridgehead atoms. The molecule has 0 aliphatic heterocycles. The summed E-state index contributed by atoms with van der Waals surface area (Å²) in [5.74, 6) is -0.846. The molecule has 1 atom stereocenters. The normalized spacial score (nSPS) is 25.2. The van der Waals surface area contributed by atoms with Crippen LogP contribution in [0.25, 0.3) is 0 Å². The quantitative estimate of drug-likeness (QED) is 0.777. The van der Waals surface area contributed by atoms with Gasteiger partial charge in [0.1, 0.15) is 0 Å². The molecular formula is C17H21ClN2O3S. The lowest BCUT2D eigenvalue weighted by Crippen LogP contribution is -2.50. The Morgan fingerprint density at radius 3 is 2.38 bits per heavy atom. The summed E-state index contributed by atoms with van der Waals surface area (Å²) in [4.78, 5) is 23.8. The molecule has 2 saturated carbocycles. The van der Waals surface area contributed by atoms with Crippen molar-refractivity contribution in [1.82, 2.24) is 10.6 Å². The van der Waals surface area contributed by atoms with Crippen LogP contribution >= 0.6 is 11.6 Å². The van der Waals surface area contributed by atoms with Crippen LogP contribution in [0.1, 0.15) is 37.2 Å². The van der Waals surface area contributed by atoms with Crippen LogP contribution in [-0.2, 0) is 20.4 Å². The molecule has 0 saturated heterocycles. The molecule has 24 heavy (non-hydrogen) atoms. The van der Waals surface area contributed by atoms with Gasteiger partial charge in [-0.15, -0.1) is 0 Å². The fourth-order valence-electron chi connectivity index (χ4n) is 3.02. The molecule has 2 aliphatic carbocycles. The summed E-state index contributed by atoms with van der Waals surface area (Å²) < 4.78 is 11.3. The molecule has 0 radical (unpaired) electrons. The average molecular weight is 369 g/mol. The lowest BCUT2D eigenvalue weighted by molar-refractivity contribution is -0.140. The van der Waals surface area contributed by atoms with E-state index >= 15 is 0 Å². The van der Waals surface area contributed by atoms with Crippen molar-refractivity contribution in [3.05, 3.63) is 34.9 Å². The number of amides is 2. The smallest absolute Gasteiger partial charge is 0.309 e. The minimum atomic E-state index is -0.979. The summed E-state index contributed by atoms with van der Waals surface area (Å²) in [6.45, 7) is 0.306. The summed E-state index contributed by atoms with van der Waals surface area (Å²) in [6.07, 6.45) is 4.96. The van der Waals surface area contributed by atoms with Crippen LogP contribution in [-0.4, -0.2) is 39.6 Å². The van der Waals surface area contributed by atoms with Crippen molar-refractivity contribution < 1.29 is 13.8 Å². The number of hydrogen-bond donors (Lipinski definition) is 2. The Hall–Kier alpha value is -1.40. The van der Waals surface area contributed by atoms with Crippen molar-refractivity contribution in [3.63, 3.8) is 0 Å². The van der Waals surface area contributed by atoms with Gasteiger partial charge in [0, 0.05) is 34.7 Å². The standard InChI is InChI=1S/C17H21ClN2O3S/c1-24(23)17(6-7-17)10-19-15(21)16(22)20-14-8-12(9-14)11-2-4-13(18)5-3-11/h2-5,12,14H,6-10H2,1H3,(H,19,21)(H,20,22). The molecule has 2 N–H and O–H groups in total. The molecule has 0 aromatic heterocycles. The van der Waals surface area contributed by atoms with E-state index in [1.54, 1.807) is 6.26 Å². The van der Waals surface area contributed by atoms with Crippen molar-refractivity contribution in [2.45, 2.75) is 42.4 Å². The highest BCUT2D eigenvalue weighted by molar-refractivity contribution is 7.86. The SMILES string of the molecule is CS(=O)C1(CNC(=O)C(=O)NC2CC(c3ccc(Cl)cc3)C2)CC1. The fourth-order valence-corrected chi connectivity index (χ4v) is 4.10. The number of benzene rings is 1. The van der Waals surface area contributed by atoms with Gasteiger partial charge >= 0.3 is 11.8 Å². The van der Waals surface area contributed by atoms with Crippen LogP contribution in [0.3, 0.4) is 0 Å². The van der Waals surface area contributed by atoms with E-state index in [0.717, 1.165) is 25.7 Å². The average Bonchev–Trinajstić information content (AvgIpc) is 3.30. The topological polar surface area (TPSA) is 75.3 Å². The summed E-state index contributed by atoms with van der Waals surface area (Å²) in [6, 6.07) is 7.75. The number of rotatable bonds is 5. The molecule has 1 aromatic carbocycles. The van der Waals surface area contributed by atoms with Gasteiger partial charge in [-0.2, -0.15) is 0 Å². The van der Waals surface area contributed by atoms with Crippen LogP contribution < -0.4 is 10.6 Å². The largest absolute Gasteiger partial charge is 0.346 e. The highest BCUT2D eigenvalue weighted by atomic mass is 35.5. The van der Waals surface area contributed by atoms with Gasteiger partial charge in [0.15, 0.2) is 0 Å². The Morgan fingerprint density at radius 1 is 1.21 bits per heavy atom. The first-order valence-electron chi connectivity index (χ1n) is 8.07. The Morgan fingerprint density at radius 2 is 1.83 bits per heavy atom. The lowest BCUT2D eigenvalue weighted by atomic mass is 9.76. The molecule has 2 aliphatic rings. The summed E-state index contributed by atoms with van der Waals surface area (Å²) in [7, 11) is -0.979. The molecule has 7 heteroatoms. The van der Waals surface area contributed by atoms with E-state index in [2.05, 4.69) is 10.6 Å². The minimum absolute atomic E-state index is 0.0270. The molecular weight excluding hydrogens is 348 g/mol. The maximum absolute atomic E-state index is 11.9. The Bertz CT molecular complexity index is 667. The van der Waals surface area contributed by atoms with Crippen LogP contribution in [0, 0.1) is 0 Å². The number of nitrogens with one attached hydrogen (secondary N) is 2. The van der Waals surface area contributed by atoms with Crippen molar-refractivity contribution in [2.75, 3.05) is 12.8 Å². The second-order valence-corrected chi connectivity index (χ2v) is 8.92. The Kier molecular flexibility index (Phi) is 4.97. The molecule has 1 unspecified atom stereocenters. The first-order valence-corrected chi connectivity index (χ1v) is 10.0. The van der Waals surface area contributed by atoms with Gasteiger partial charge in [-0.05, 0) is 49.3 Å². The van der Waals surface area contributed by atoms with Crippen LogP contribution in [0.4, 0.5) is 0 Å². The van der Waals surface area contributed by atoms with Crippen LogP contribution in [0.2, 0.25) is 5.02 Å². The van der Waals surface area contributed by atoms with Crippen molar-refractivity contribution in [3.8, 4) is 0 Å². The van der Waals surface area contributed by atoms with Gasteiger partial charge in [-0.3, -0.25) is 13.8 Å². The Labute approximate surface area is 149 Å². The number of halogens is 1. The molecule has 130 valence electrons. The lowest BCUT2D eigenvalue weighted by Gasteiger charge is -2.36. The zero-order valence-electron chi connectivity index (χ0n) is 13.5. The maximum Gasteiger partial charge on any atom is 0.309 e. The van der Waals surface area contributed by atoms with Gasteiger partial charge in [0.25, 0.3) is 0 Å². The number of carbonyl (C=O) groups is 2. The molecule has 3 rings (SSSR count). The first-order chi connectivity index (χ1) is 11.4. The third kappa shape index (κ3) is 3.81. The van der Waals surface area contributed by atoms with Crippen molar-refractivity contribution in [1.29, 1.82) is 0 Å². The van der Waals surface area contributed by atoms with E-state index in [1.165, 1.54) is 5.56 Å². The van der Waals surface area contributed by atoms with E-state index < -0.39 is 22.6 Å². The van der Waals surface area contributed by atoms with E-state index in [9.17, 15) is 13.8 Å². The maximum atomic E-state index is 11.9. The molecule has 0 spiro atoms. The predicted octanol–water partition coefficient (Wildman–Crippen LogP) is 1.73. The molecule has 1 aromatic rings. The van der Waals surface area contributed by atoms with E-state index in [1.807, 2.05) is 24.3 Å². The van der Waals surface area contributed by atoms with Gasteiger partial charge in [-0.25, -0.2) is 0 Å². The van der Waals surface area contributed by atoms with E-state index in [0.29, 0.717) is 17.5 Å². The van der Waals surface area contributed by atoms with Crippen molar-refractivity contribution >= 4 is 34.2 Å². The summed E-state index contributed by atoms with van der Waals surface area (Å²) >= 11 is 5.88. The van der Waals surface area contributed by atoms with Crippen LogP contribution in [0.15, 0.2) is 24.3 Å². The van der Waals surface area contributed by atoms with Gasteiger partial charge in [0.05, 0.1) is 4.75 Å². The third-order valence-corrected chi connectivity index (χ3v) is 7.03. The fraction of sp³-hybridized carbons (Fsp3) is 0.529. The highest BCUT2D eigenvalue weighted by Crippen LogP contribution is 2.40. The number of hydrogen-bond acceptors (Lipinski definition) is 3. The monoisotopic (exact) mass is 368 g/mol. The van der Waals surface area contributed by atoms with E-state index in [4.69, 9.17) is 11.6 Å². The molecule has 5 nitrogen and oxygen atoms in total. The predicted molar refractivity (Wildman–Crippen MR) is 94.4 cm³/mol. The van der Waals surface area contributed by atoms with Gasteiger partial charge in [-0.1, -0.05) is 23.7 Å². The molecule has 2 fully saturated rings. The molecule has 2 amide bonds. The summed E-state index contributed by atoms with van der Waals surface area (Å²) in [5, 5.41) is 6.08. The minimum Gasteiger partial charge on any atom is -0.346 e. The second-order valence-electron chi connectivity index (χ2n) is 6.71. The second kappa shape index (κ2) is 6.84. The number of carbonyl (C=O) groups excluding carboxylic acids is 2. The molecule has 0 heterocycles. The van der Waals surface area contributed by atoms with Crippen molar-refractivity contribution in [2.24, 2.45) is 0 Å². The zero-order chi connectivity index (χ0) is 17.3. The summed E-state index contributed by atoms with van der Waals surface area (Å²) in [5.41, 5.74) is 1.20. The first kappa shape index (κ1) is 17.4. The van der Waals surface area contributed by atoms with Gasteiger partial charge in [0.2, 0.25) is 0 Å². The third-order valence-electron chi connectivity index (χ3n) is 5.01. The van der Waals surface area contributed by atoms with Crippen LogP contribution in [0.5, 0.6) is 0 Å². The Balaban J connectivity index is 1.41. The highest BCUT2D eigenvalue weighted by Gasteiger charge is 2.47. The van der Waals surface area contributed by atoms with E-state index in [-0.39, 0.29) is 10.8 Å². The van der Waals surface area contributed by atoms with Gasteiger partial charge < -0.3 is 10.6 Å².